The van der Waals surface area contributed by atoms with Crippen LogP contribution in [0.15, 0.2) is 76.6 Å². The molecule has 1 aromatic heterocycles. The predicted molar refractivity (Wildman–Crippen MR) is 190 cm³/mol. The van der Waals surface area contributed by atoms with Gasteiger partial charge in [0.05, 0.1) is 44.8 Å². The Morgan fingerprint density at radius 2 is 1.72 bits per heavy atom. The highest BCUT2D eigenvalue weighted by Gasteiger charge is 2.69. The van der Waals surface area contributed by atoms with Crippen molar-refractivity contribution in [1.82, 2.24) is 4.98 Å². The number of thiazole rings is 1. The van der Waals surface area contributed by atoms with Gasteiger partial charge in [0.2, 0.25) is 11.8 Å². The van der Waals surface area contributed by atoms with Gasteiger partial charge in [-0.15, -0.1) is 11.8 Å². The Balaban J connectivity index is 1.06. The number of hydrogen-bond acceptors (Lipinski definition) is 9. The largest absolute Gasteiger partial charge is 0.484 e. The van der Waals surface area contributed by atoms with Gasteiger partial charge in [0, 0.05) is 21.7 Å². The van der Waals surface area contributed by atoms with E-state index in [1.807, 2.05) is 18.2 Å². The fraction of sp³-hybridized carbons (Fsp3) is 0.306. The molecule has 0 spiro atoms. The first-order valence-corrected chi connectivity index (χ1v) is 18.6. The molecule has 3 fully saturated rings. The Kier molecular flexibility index (Phi) is 8.53. The number of halogens is 2. The van der Waals surface area contributed by atoms with Crippen molar-refractivity contribution in [3.63, 3.8) is 0 Å². The molecule has 4 aliphatic rings. The minimum absolute atomic E-state index is 0.00782. The lowest BCUT2D eigenvalue weighted by Gasteiger charge is -2.43. The number of aromatic amines is 1. The lowest BCUT2D eigenvalue weighted by Crippen LogP contribution is -2.42. The van der Waals surface area contributed by atoms with E-state index in [2.05, 4.69) is 10.3 Å². The maximum atomic E-state index is 14.1. The van der Waals surface area contributed by atoms with Gasteiger partial charge in [-0.25, -0.2) is 4.79 Å². The minimum atomic E-state index is -0.483. The van der Waals surface area contributed by atoms with E-state index >= 15 is 0 Å². The van der Waals surface area contributed by atoms with E-state index in [0.717, 1.165) is 21.9 Å². The number of fused-ring (bicyclic) bond motifs is 9. The van der Waals surface area contributed by atoms with Crippen molar-refractivity contribution >= 4 is 81.4 Å². The average Bonchev–Trinajstić information content (AvgIpc) is 3.84. The van der Waals surface area contributed by atoms with Crippen molar-refractivity contribution in [2.75, 3.05) is 23.4 Å². The van der Waals surface area contributed by atoms with Crippen molar-refractivity contribution in [3.05, 3.63) is 102 Å². The number of nitrogens with one attached hydrogen (secondary N) is 2. The molecule has 7 atom stereocenters. The molecule has 3 amide bonds. The van der Waals surface area contributed by atoms with Crippen LogP contribution < -0.4 is 19.8 Å². The quantitative estimate of drug-likeness (QED) is 0.152. The van der Waals surface area contributed by atoms with Crippen molar-refractivity contribution in [2.45, 2.75) is 29.5 Å². The number of benzene rings is 3. The molecule has 2 bridgehead atoms. The summed E-state index contributed by atoms with van der Waals surface area (Å²) >= 11 is 14.8. The molecular weight excluding hydrogens is 721 g/mol. The number of hydrogen-bond donors (Lipinski definition) is 2. The van der Waals surface area contributed by atoms with E-state index in [1.165, 1.54) is 16.2 Å². The van der Waals surface area contributed by atoms with Crippen molar-refractivity contribution in [3.8, 4) is 5.75 Å². The summed E-state index contributed by atoms with van der Waals surface area (Å²) < 4.78 is 11.0. The van der Waals surface area contributed by atoms with E-state index in [9.17, 15) is 24.0 Å². The number of anilines is 2. The van der Waals surface area contributed by atoms with Gasteiger partial charge in [-0.1, -0.05) is 46.7 Å². The predicted octanol–water partition coefficient (Wildman–Crippen LogP) is 6.62. The van der Waals surface area contributed by atoms with Crippen LogP contribution in [-0.2, 0) is 19.1 Å². The number of carbonyl (C=O) groups is 4. The van der Waals surface area contributed by atoms with Crippen LogP contribution in [0.25, 0.3) is 0 Å². The zero-order chi connectivity index (χ0) is 34.8. The van der Waals surface area contributed by atoms with Crippen LogP contribution in [0, 0.1) is 29.6 Å². The SMILES string of the molecule is CCOC(=O)c1ccc(N2C(=O)C3C4CC(C3C2=O)C2C4Sc3[nH]c(=O)sc3[C@@H]2c2cccc(OCC(=O)Nc3ccc(Cl)c(Cl)c3)c2)cc1. The Morgan fingerprint density at radius 3 is 2.46 bits per heavy atom. The lowest BCUT2D eigenvalue weighted by atomic mass is 9.68. The molecule has 8 rings (SSSR count). The highest BCUT2D eigenvalue weighted by Crippen LogP contribution is 2.68. The summed E-state index contributed by atoms with van der Waals surface area (Å²) in [5.41, 5.74) is 2.18. The standard InChI is InChI=1S/C36H29Cl2N3O7S2/c1-2-47-35(45)16-6-9-19(10-7-16)41-33(43)28-21-14-22(29(28)34(41)44)30-27(21)26(31-32(49-30)40-36(46)50-31)17-4-3-5-20(12-17)48-15-25(42)39-18-8-11-23(37)24(38)13-18/h3-13,21-22,26-30H,2,14-15H2,1H3,(H,39,42)(H,40,46)/t21?,22?,26-,27?,28?,29?,30?/m1/s1. The fourth-order valence-electron chi connectivity index (χ4n) is 8.32. The molecule has 14 heteroatoms. The summed E-state index contributed by atoms with van der Waals surface area (Å²) in [7, 11) is 0. The molecule has 2 aliphatic carbocycles. The summed E-state index contributed by atoms with van der Waals surface area (Å²) in [6.45, 7) is 1.72. The number of esters is 1. The van der Waals surface area contributed by atoms with Crippen LogP contribution >= 0.6 is 46.3 Å². The molecule has 50 heavy (non-hydrogen) atoms. The molecule has 2 N–H and O–H groups in total. The van der Waals surface area contributed by atoms with Gasteiger partial charge in [-0.2, -0.15) is 0 Å². The van der Waals surface area contributed by atoms with Gasteiger partial charge in [0.1, 0.15) is 5.75 Å². The summed E-state index contributed by atoms with van der Waals surface area (Å²) in [6, 6.07) is 18.7. The number of nitrogens with zero attached hydrogens (tertiary/aromatic N) is 1. The Hall–Kier alpha value is -4.10. The third kappa shape index (κ3) is 5.53. The molecule has 256 valence electrons. The second-order valence-corrected chi connectivity index (χ2v) is 15.8. The summed E-state index contributed by atoms with van der Waals surface area (Å²) in [4.78, 5) is 70.8. The number of rotatable bonds is 8. The van der Waals surface area contributed by atoms with Gasteiger partial charge in [-0.05, 0) is 91.3 Å². The monoisotopic (exact) mass is 749 g/mol. The summed E-state index contributed by atoms with van der Waals surface area (Å²) in [5.74, 6) is -2.11. The van der Waals surface area contributed by atoms with Crippen LogP contribution in [0.2, 0.25) is 10.0 Å². The number of aromatic nitrogens is 1. The Bertz CT molecular complexity index is 2120. The van der Waals surface area contributed by atoms with Crippen molar-refractivity contribution in [2.24, 2.45) is 29.6 Å². The van der Waals surface area contributed by atoms with Crippen LogP contribution in [0.4, 0.5) is 11.4 Å². The molecule has 3 aromatic carbocycles. The second kappa shape index (κ2) is 12.9. The number of thioether (sulfide) groups is 1. The maximum absolute atomic E-state index is 14.1. The molecule has 0 radical (unpaired) electrons. The summed E-state index contributed by atoms with van der Waals surface area (Å²) in [6.07, 6.45) is 0.742. The molecule has 4 aromatic rings. The molecule has 10 nitrogen and oxygen atoms in total. The lowest BCUT2D eigenvalue weighted by molar-refractivity contribution is -0.123. The molecule has 2 aliphatic heterocycles. The van der Waals surface area contributed by atoms with Gasteiger partial charge in [0.15, 0.2) is 6.61 Å². The van der Waals surface area contributed by atoms with E-state index in [0.29, 0.717) is 32.7 Å². The Morgan fingerprint density at radius 1 is 0.960 bits per heavy atom. The third-order valence-corrected chi connectivity index (χ3v) is 13.5. The number of imide groups is 1. The fourth-order valence-corrected chi connectivity index (χ4v) is 11.5. The van der Waals surface area contributed by atoms with Crippen LogP contribution in [0.5, 0.6) is 5.75 Å². The average molecular weight is 751 g/mol. The highest BCUT2D eigenvalue weighted by molar-refractivity contribution is 8.00. The van der Waals surface area contributed by atoms with E-state index in [-0.39, 0.29) is 64.7 Å². The van der Waals surface area contributed by atoms with Gasteiger partial charge >= 0.3 is 10.8 Å². The van der Waals surface area contributed by atoms with Crippen LogP contribution in [-0.4, -0.2) is 47.1 Å². The van der Waals surface area contributed by atoms with E-state index in [4.69, 9.17) is 32.7 Å². The number of carbonyl (C=O) groups excluding carboxylic acids is 4. The first-order chi connectivity index (χ1) is 24.1. The third-order valence-electron chi connectivity index (χ3n) is 10.2. The number of H-pyrrole nitrogens is 1. The maximum Gasteiger partial charge on any atom is 0.338 e. The van der Waals surface area contributed by atoms with E-state index in [1.54, 1.807) is 67.2 Å². The molecule has 6 unspecified atom stereocenters. The summed E-state index contributed by atoms with van der Waals surface area (Å²) in [5, 5.41) is 4.25. The highest BCUT2D eigenvalue weighted by atomic mass is 35.5. The zero-order valence-corrected chi connectivity index (χ0v) is 29.5. The number of amides is 3. The molecular formula is C36H29Cl2N3O7S2. The van der Waals surface area contributed by atoms with Gasteiger partial charge in [0.25, 0.3) is 5.91 Å². The molecule has 3 heterocycles. The molecule has 2 saturated carbocycles. The topological polar surface area (TPSA) is 135 Å². The first-order valence-electron chi connectivity index (χ1n) is 16.1. The van der Waals surface area contributed by atoms with E-state index < -0.39 is 17.8 Å². The smallest absolute Gasteiger partial charge is 0.338 e. The van der Waals surface area contributed by atoms with Crippen LogP contribution in [0.3, 0.4) is 0 Å². The minimum Gasteiger partial charge on any atom is -0.484 e. The first kappa shape index (κ1) is 33.1. The normalized spacial score (nSPS) is 26.0. The second-order valence-electron chi connectivity index (χ2n) is 12.8. The van der Waals surface area contributed by atoms with Crippen LogP contribution in [0.1, 0.15) is 40.1 Å². The Labute approximate surface area is 304 Å². The van der Waals surface area contributed by atoms with Gasteiger partial charge < -0.3 is 19.8 Å². The van der Waals surface area contributed by atoms with Crippen molar-refractivity contribution < 1.29 is 28.7 Å². The number of ether oxygens (including phenoxy) is 2. The zero-order valence-electron chi connectivity index (χ0n) is 26.4. The van der Waals surface area contributed by atoms with Gasteiger partial charge in [-0.3, -0.25) is 24.1 Å². The molecule has 1 saturated heterocycles. The van der Waals surface area contributed by atoms with Crippen molar-refractivity contribution in [1.29, 1.82) is 0 Å².